The van der Waals surface area contributed by atoms with E-state index in [9.17, 15) is 9.59 Å². The number of hydrogen-bond acceptors (Lipinski definition) is 3. The minimum atomic E-state index is -3.12. The quantitative estimate of drug-likeness (QED) is 0.780. The molecule has 0 aliphatic carbocycles. The van der Waals surface area contributed by atoms with Crippen LogP contribution in [0.2, 0.25) is 0 Å². The molecule has 1 aliphatic rings. The van der Waals surface area contributed by atoms with E-state index in [-0.39, 0.29) is 16.2 Å². The van der Waals surface area contributed by atoms with Gasteiger partial charge >= 0.3 is 6.09 Å². The van der Waals surface area contributed by atoms with Gasteiger partial charge in [-0.1, -0.05) is 12.2 Å². The van der Waals surface area contributed by atoms with Crippen LogP contribution >= 0.6 is 0 Å². The summed E-state index contributed by atoms with van der Waals surface area (Å²) in [4.78, 5) is 25.7. The van der Waals surface area contributed by atoms with Crippen LogP contribution in [0.1, 0.15) is 25.0 Å². The monoisotopic (exact) mass is 280 g/mol. The molecule has 0 atom stereocenters. The summed E-state index contributed by atoms with van der Waals surface area (Å²) in [7, 11) is 0. The number of amides is 2. The average molecular weight is 280 g/mol. The maximum Gasteiger partial charge on any atom is 0.415 e. The number of carbonyl (C=O) groups excluding carboxylic acids is 2. The Balaban J connectivity index is 2.11. The summed E-state index contributed by atoms with van der Waals surface area (Å²) in [5.74, 6) is -1.00. The number of ether oxygens (including phenoxy) is 1. The highest BCUT2D eigenvalue weighted by molar-refractivity contribution is 5.94. The number of benzene rings is 1. The largest absolute Gasteiger partial charge is 0.415 e. The van der Waals surface area contributed by atoms with Crippen molar-refractivity contribution < 1.29 is 22.6 Å². The highest BCUT2D eigenvalue weighted by Gasteiger charge is 2.16. The molecule has 5 nitrogen and oxygen atoms in total. The van der Waals surface area contributed by atoms with Gasteiger partial charge < -0.3 is 14.5 Å². The van der Waals surface area contributed by atoms with E-state index in [1.165, 1.54) is 29.2 Å². The summed E-state index contributed by atoms with van der Waals surface area (Å²) in [5, 5.41) is 0. The number of rotatable bonds is 2. The van der Waals surface area contributed by atoms with E-state index in [4.69, 9.17) is 13.0 Å². The van der Waals surface area contributed by atoms with Gasteiger partial charge in [-0.25, -0.2) is 4.79 Å². The van der Waals surface area contributed by atoms with E-state index < -0.39 is 26.0 Å². The fraction of sp³-hybridized carbons (Fsp3) is 0.333. The van der Waals surface area contributed by atoms with E-state index in [2.05, 4.69) is 0 Å². The maximum atomic E-state index is 12.3. The zero-order valence-corrected chi connectivity index (χ0v) is 10.7. The van der Waals surface area contributed by atoms with Crippen LogP contribution in [0.25, 0.3) is 0 Å². The van der Waals surface area contributed by atoms with E-state index in [0.29, 0.717) is 13.1 Å². The number of hydrogen-bond donors (Lipinski definition) is 0. The zero-order valence-electron chi connectivity index (χ0n) is 16.7. The zero-order chi connectivity index (χ0) is 19.5. The van der Waals surface area contributed by atoms with Crippen LogP contribution in [0.15, 0.2) is 36.4 Å². The minimum Gasteiger partial charge on any atom is -0.410 e. The molecule has 0 N–H and O–H groups in total. The van der Waals surface area contributed by atoms with Gasteiger partial charge in [0.15, 0.2) is 0 Å². The molecule has 2 rings (SSSR count). The van der Waals surface area contributed by atoms with Crippen LogP contribution < -0.4 is 4.74 Å². The van der Waals surface area contributed by atoms with Crippen LogP contribution in [0.5, 0.6) is 5.75 Å². The van der Waals surface area contributed by atoms with Gasteiger partial charge in [-0.15, -0.1) is 0 Å². The summed E-state index contributed by atoms with van der Waals surface area (Å²) in [6.07, 6.45) is 4.01. The normalized spacial score (nSPS) is 19.7. The molecule has 1 aliphatic heterocycles. The lowest BCUT2D eigenvalue weighted by Gasteiger charge is -2.22. The van der Waals surface area contributed by atoms with Crippen LogP contribution in [-0.4, -0.2) is 48.8 Å². The predicted octanol–water partition coefficient (Wildman–Crippen LogP) is 2.15. The molecule has 0 spiro atoms. The van der Waals surface area contributed by atoms with Crippen LogP contribution in [0, 0.1) is 0 Å². The maximum absolute atomic E-state index is 12.3. The molecule has 106 valence electrons. The van der Waals surface area contributed by atoms with E-state index in [1.807, 2.05) is 12.2 Å². The van der Waals surface area contributed by atoms with Gasteiger partial charge in [-0.3, -0.25) is 4.79 Å². The molecule has 0 bridgehead atoms. The second kappa shape index (κ2) is 6.23. The standard InChI is InChI=1S/C15H18N2O3/c1-16(2)14(18)12-6-8-13(9-7-12)20-15(19)17-10-4-3-5-11-17/h3-4,6-9H,5,10-11H2,1-2H3/i1D3,2D3. The van der Waals surface area contributed by atoms with Crippen molar-refractivity contribution in [3.05, 3.63) is 42.0 Å². The molecule has 2 amide bonds. The van der Waals surface area contributed by atoms with Gasteiger partial charge in [-0.05, 0) is 30.7 Å². The molecule has 1 aromatic carbocycles. The molecule has 1 heterocycles. The first-order valence-electron chi connectivity index (χ1n) is 9.06. The third kappa shape index (κ3) is 3.38. The molecule has 1 aromatic rings. The lowest BCUT2D eigenvalue weighted by atomic mass is 10.2. The summed E-state index contributed by atoms with van der Waals surface area (Å²) in [5.41, 5.74) is -0.141. The second-order valence-electron chi connectivity index (χ2n) is 4.24. The van der Waals surface area contributed by atoms with Crippen molar-refractivity contribution in [2.45, 2.75) is 6.42 Å². The summed E-state index contributed by atoms with van der Waals surface area (Å²) in [6, 6.07) is 5.04. The van der Waals surface area contributed by atoms with Crippen molar-refractivity contribution in [3.8, 4) is 5.75 Å². The molecule has 0 fully saturated rings. The van der Waals surface area contributed by atoms with Gasteiger partial charge in [0.25, 0.3) is 5.91 Å². The first kappa shape index (κ1) is 8.09. The van der Waals surface area contributed by atoms with Gasteiger partial charge in [-0.2, -0.15) is 0 Å². The van der Waals surface area contributed by atoms with Crippen molar-refractivity contribution in [3.63, 3.8) is 0 Å². The van der Waals surface area contributed by atoms with E-state index in [0.717, 1.165) is 6.42 Å². The minimum absolute atomic E-state index is 0.124. The Kier molecular flexibility index (Phi) is 2.52. The average Bonchev–Trinajstić information content (AvgIpc) is 2.53. The van der Waals surface area contributed by atoms with Crippen LogP contribution in [0.3, 0.4) is 0 Å². The first-order valence-corrected chi connectivity index (χ1v) is 6.06. The smallest absolute Gasteiger partial charge is 0.410 e. The molecule has 0 radical (unpaired) electrons. The van der Waals surface area contributed by atoms with Crippen LogP contribution in [0.4, 0.5) is 4.79 Å². The van der Waals surface area contributed by atoms with E-state index in [1.54, 1.807) is 0 Å². The van der Waals surface area contributed by atoms with Gasteiger partial charge in [0.1, 0.15) is 5.75 Å². The molecule has 20 heavy (non-hydrogen) atoms. The summed E-state index contributed by atoms with van der Waals surface area (Å²) in [6.45, 7) is -5.25. The third-order valence-electron chi connectivity index (χ3n) is 2.83. The Hall–Kier alpha value is -2.30. The van der Waals surface area contributed by atoms with Crippen molar-refractivity contribution in [2.75, 3.05) is 27.0 Å². The van der Waals surface area contributed by atoms with Crippen molar-refractivity contribution in [1.29, 1.82) is 0 Å². The number of carbonyl (C=O) groups is 2. The fourth-order valence-corrected chi connectivity index (χ4v) is 1.77. The SMILES string of the molecule is [2H]C([2H])([2H])N(C(=O)c1ccc(OC(=O)N2CC=CCC2)cc1)C([2H])([2H])[2H]. The Morgan fingerprint density at radius 1 is 1.25 bits per heavy atom. The molecule has 0 aromatic heterocycles. The molecular weight excluding hydrogens is 256 g/mol. The van der Waals surface area contributed by atoms with E-state index >= 15 is 0 Å². The third-order valence-corrected chi connectivity index (χ3v) is 2.83. The lowest BCUT2D eigenvalue weighted by molar-refractivity contribution is 0.0827. The molecule has 5 heteroatoms. The molecular formula is C15H18N2O3. The fourth-order valence-electron chi connectivity index (χ4n) is 1.77. The second-order valence-corrected chi connectivity index (χ2v) is 4.24. The first-order chi connectivity index (χ1) is 12.0. The molecule has 0 saturated heterocycles. The summed E-state index contributed by atoms with van der Waals surface area (Å²) < 4.78 is 48.8. The lowest BCUT2D eigenvalue weighted by Crippen LogP contribution is -2.35. The van der Waals surface area contributed by atoms with Crippen LogP contribution in [-0.2, 0) is 0 Å². The Labute approximate surface area is 126 Å². The Morgan fingerprint density at radius 3 is 2.60 bits per heavy atom. The highest BCUT2D eigenvalue weighted by Crippen LogP contribution is 2.15. The predicted molar refractivity (Wildman–Crippen MR) is 75.8 cm³/mol. The number of nitrogens with zero attached hydrogens (tertiary/aromatic N) is 2. The van der Waals surface area contributed by atoms with Crippen molar-refractivity contribution in [1.82, 2.24) is 9.80 Å². The topological polar surface area (TPSA) is 49.9 Å². The molecule has 0 saturated carbocycles. The Bertz CT molecular complexity index is 683. The van der Waals surface area contributed by atoms with Gasteiger partial charge in [0, 0.05) is 40.8 Å². The Morgan fingerprint density at radius 2 is 2.00 bits per heavy atom. The molecule has 0 unspecified atom stereocenters. The van der Waals surface area contributed by atoms with Crippen molar-refractivity contribution >= 4 is 12.0 Å². The van der Waals surface area contributed by atoms with Crippen molar-refractivity contribution in [2.24, 2.45) is 0 Å². The summed E-state index contributed by atoms with van der Waals surface area (Å²) >= 11 is 0. The van der Waals surface area contributed by atoms with Gasteiger partial charge in [0.2, 0.25) is 0 Å². The van der Waals surface area contributed by atoms with Gasteiger partial charge in [0.05, 0.1) is 0 Å². The highest BCUT2D eigenvalue weighted by atomic mass is 16.6.